The molecule has 0 heterocycles. The van der Waals surface area contributed by atoms with E-state index in [0.29, 0.717) is 6.54 Å². The highest BCUT2D eigenvalue weighted by Crippen LogP contribution is 2.14. The summed E-state index contributed by atoms with van der Waals surface area (Å²) in [5, 5.41) is 26.7. The molecule has 0 amide bonds. The molecule has 0 rings (SSSR count). The molecule has 0 aliphatic rings. The van der Waals surface area contributed by atoms with Gasteiger partial charge in [-0.2, -0.15) is 0 Å². The Morgan fingerprint density at radius 3 is 2.08 bits per heavy atom. The molecular formula is C8H17NO4. The highest BCUT2D eigenvalue weighted by molar-refractivity contribution is 4.80. The highest BCUT2D eigenvalue weighted by atomic mass is 16.5. The van der Waals surface area contributed by atoms with Gasteiger partial charge in [0, 0.05) is 6.54 Å². The SMILES string of the molecule is NCC=COCC(CO)(CO)CO. The smallest absolute Gasteiger partial charge is 0.0995 e. The van der Waals surface area contributed by atoms with Crippen molar-refractivity contribution in [3.8, 4) is 0 Å². The molecule has 13 heavy (non-hydrogen) atoms. The fraction of sp³-hybridized carbons (Fsp3) is 0.750. The third-order valence-electron chi connectivity index (χ3n) is 1.72. The summed E-state index contributed by atoms with van der Waals surface area (Å²) >= 11 is 0. The fourth-order valence-corrected chi connectivity index (χ4v) is 0.635. The van der Waals surface area contributed by atoms with E-state index < -0.39 is 5.41 Å². The maximum atomic E-state index is 8.88. The van der Waals surface area contributed by atoms with Crippen LogP contribution in [0.3, 0.4) is 0 Å². The van der Waals surface area contributed by atoms with Crippen LogP contribution in [0.4, 0.5) is 0 Å². The summed E-state index contributed by atoms with van der Waals surface area (Å²) in [7, 11) is 0. The fourth-order valence-electron chi connectivity index (χ4n) is 0.635. The summed E-state index contributed by atoms with van der Waals surface area (Å²) in [4.78, 5) is 0. The molecule has 5 N–H and O–H groups in total. The van der Waals surface area contributed by atoms with Crippen molar-refractivity contribution in [1.29, 1.82) is 0 Å². The minimum absolute atomic E-state index is 0.0625. The van der Waals surface area contributed by atoms with Crippen molar-refractivity contribution in [3.05, 3.63) is 12.3 Å². The summed E-state index contributed by atoms with van der Waals surface area (Å²) in [5.74, 6) is 0. The van der Waals surface area contributed by atoms with Gasteiger partial charge in [0.1, 0.15) is 0 Å². The van der Waals surface area contributed by atoms with Crippen molar-refractivity contribution < 1.29 is 20.1 Å². The molecule has 0 atom stereocenters. The van der Waals surface area contributed by atoms with E-state index in [1.807, 2.05) is 0 Å². The van der Waals surface area contributed by atoms with Gasteiger partial charge in [-0.3, -0.25) is 0 Å². The van der Waals surface area contributed by atoms with Gasteiger partial charge in [-0.05, 0) is 6.08 Å². The molecule has 0 aromatic heterocycles. The zero-order valence-corrected chi connectivity index (χ0v) is 7.52. The average molecular weight is 191 g/mol. The Balaban J connectivity index is 3.88. The standard InChI is InChI=1S/C8H17NO4/c9-2-1-3-13-7-8(4-10,5-11)6-12/h1,3,10-12H,2,4-7,9H2. The van der Waals surface area contributed by atoms with Gasteiger partial charge < -0.3 is 25.8 Å². The maximum absolute atomic E-state index is 8.88. The number of hydrogen-bond donors (Lipinski definition) is 4. The summed E-state index contributed by atoms with van der Waals surface area (Å²) in [6.07, 6.45) is 2.98. The zero-order valence-electron chi connectivity index (χ0n) is 7.52. The quantitative estimate of drug-likeness (QED) is 0.365. The lowest BCUT2D eigenvalue weighted by Crippen LogP contribution is -2.38. The predicted molar refractivity (Wildman–Crippen MR) is 47.8 cm³/mol. The molecule has 0 radical (unpaired) electrons. The van der Waals surface area contributed by atoms with Crippen molar-refractivity contribution in [2.45, 2.75) is 0 Å². The van der Waals surface area contributed by atoms with Crippen LogP contribution in [0.15, 0.2) is 12.3 Å². The summed E-state index contributed by atoms with van der Waals surface area (Å²) < 4.78 is 4.97. The molecule has 0 saturated heterocycles. The summed E-state index contributed by atoms with van der Waals surface area (Å²) in [6, 6.07) is 0. The Labute approximate surface area is 77.4 Å². The van der Waals surface area contributed by atoms with Crippen molar-refractivity contribution in [2.75, 3.05) is 33.0 Å². The van der Waals surface area contributed by atoms with Crippen LogP contribution in [-0.2, 0) is 4.74 Å². The van der Waals surface area contributed by atoms with Crippen LogP contribution in [0.25, 0.3) is 0 Å². The lowest BCUT2D eigenvalue weighted by molar-refractivity contribution is -0.0368. The van der Waals surface area contributed by atoms with Crippen molar-refractivity contribution >= 4 is 0 Å². The third-order valence-corrected chi connectivity index (χ3v) is 1.72. The van der Waals surface area contributed by atoms with E-state index in [9.17, 15) is 0 Å². The van der Waals surface area contributed by atoms with Crippen molar-refractivity contribution in [2.24, 2.45) is 11.1 Å². The van der Waals surface area contributed by atoms with E-state index in [-0.39, 0.29) is 26.4 Å². The number of aliphatic hydroxyl groups excluding tert-OH is 3. The second-order valence-electron chi connectivity index (χ2n) is 2.89. The first-order chi connectivity index (χ1) is 6.24. The second kappa shape index (κ2) is 6.85. The van der Waals surface area contributed by atoms with Gasteiger partial charge >= 0.3 is 0 Å². The Hall–Kier alpha value is -0.620. The van der Waals surface area contributed by atoms with E-state index in [1.165, 1.54) is 6.26 Å². The van der Waals surface area contributed by atoms with Crippen LogP contribution in [0.5, 0.6) is 0 Å². The molecular weight excluding hydrogens is 174 g/mol. The number of hydrogen-bond acceptors (Lipinski definition) is 5. The van der Waals surface area contributed by atoms with Crippen LogP contribution in [0.1, 0.15) is 0 Å². The molecule has 78 valence electrons. The van der Waals surface area contributed by atoms with E-state index in [1.54, 1.807) is 6.08 Å². The van der Waals surface area contributed by atoms with Gasteiger partial charge in [0.05, 0.1) is 38.1 Å². The van der Waals surface area contributed by atoms with Crippen molar-refractivity contribution in [1.82, 2.24) is 0 Å². The van der Waals surface area contributed by atoms with Gasteiger partial charge in [0.25, 0.3) is 0 Å². The Morgan fingerprint density at radius 1 is 1.15 bits per heavy atom. The lowest BCUT2D eigenvalue weighted by atomic mass is 9.93. The topological polar surface area (TPSA) is 95.9 Å². The minimum Gasteiger partial charge on any atom is -0.501 e. The molecule has 0 unspecified atom stereocenters. The lowest BCUT2D eigenvalue weighted by Gasteiger charge is -2.25. The minimum atomic E-state index is -0.973. The Morgan fingerprint density at radius 2 is 1.69 bits per heavy atom. The maximum Gasteiger partial charge on any atom is 0.0995 e. The number of rotatable bonds is 7. The molecule has 0 aromatic rings. The number of nitrogens with two attached hydrogens (primary N) is 1. The third kappa shape index (κ3) is 4.23. The van der Waals surface area contributed by atoms with Gasteiger partial charge in [0.15, 0.2) is 0 Å². The molecule has 0 fully saturated rings. The zero-order chi connectivity index (χ0) is 10.2. The monoisotopic (exact) mass is 191 g/mol. The second-order valence-corrected chi connectivity index (χ2v) is 2.89. The predicted octanol–water partition coefficient (Wildman–Crippen LogP) is -1.56. The molecule has 0 aliphatic carbocycles. The average Bonchev–Trinajstić information content (AvgIpc) is 2.20. The molecule has 5 heteroatoms. The summed E-state index contributed by atoms with van der Waals surface area (Å²) in [5.41, 5.74) is 4.19. The van der Waals surface area contributed by atoms with E-state index in [4.69, 9.17) is 25.8 Å². The van der Waals surface area contributed by atoms with Crippen LogP contribution < -0.4 is 5.73 Å². The van der Waals surface area contributed by atoms with Gasteiger partial charge in [-0.15, -0.1) is 0 Å². The van der Waals surface area contributed by atoms with Gasteiger partial charge in [-0.1, -0.05) is 0 Å². The highest BCUT2D eigenvalue weighted by Gasteiger charge is 2.28. The largest absolute Gasteiger partial charge is 0.501 e. The molecule has 0 spiro atoms. The number of aliphatic hydroxyl groups is 3. The van der Waals surface area contributed by atoms with Gasteiger partial charge in [0.2, 0.25) is 0 Å². The molecule has 0 saturated carbocycles. The molecule has 0 aliphatic heterocycles. The normalized spacial score (nSPS) is 12.3. The Kier molecular flexibility index (Phi) is 6.52. The summed E-state index contributed by atoms with van der Waals surface area (Å²) in [6.45, 7) is -0.541. The van der Waals surface area contributed by atoms with Crippen LogP contribution in [-0.4, -0.2) is 48.3 Å². The first-order valence-corrected chi connectivity index (χ1v) is 4.04. The number of ether oxygens (including phenoxy) is 1. The van der Waals surface area contributed by atoms with E-state index >= 15 is 0 Å². The van der Waals surface area contributed by atoms with Gasteiger partial charge in [-0.25, -0.2) is 0 Å². The van der Waals surface area contributed by atoms with E-state index in [0.717, 1.165) is 0 Å². The van der Waals surface area contributed by atoms with Crippen LogP contribution >= 0.6 is 0 Å². The Bertz CT molecular complexity index is 137. The molecule has 0 bridgehead atoms. The molecule has 0 aromatic carbocycles. The van der Waals surface area contributed by atoms with E-state index in [2.05, 4.69) is 0 Å². The van der Waals surface area contributed by atoms with Crippen LogP contribution in [0, 0.1) is 5.41 Å². The first-order valence-electron chi connectivity index (χ1n) is 4.04. The first kappa shape index (κ1) is 12.4. The van der Waals surface area contributed by atoms with Crippen molar-refractivity contribution in [3.63, 3.8) is 0 Å². The van der Waals surface area contributed by atoms with Crippen LogP contribution in [0.2, 0.25) is 0 Å². The molecule has 5 nitrogen and oxygen atoms in total.